The minimum absolute atomic E-state index is 0.0213. The highest BCUT2D eigenvalue weighted by molar-refractivity contribution is 5.92. The second kappa shape index (κ2) is 9.08. The predicted molar refractivity (Wildman–Crippen MR) is 127 cm³/mol. The fraction of sp³-hybridized carbons (Fsp3) is 0.654. The lowest BCUT2D eigenvalue weighted by Crippen LogP contribution is -2.56. The Kier molecular flexibility index (Phi) is 6.52. The molecule has 33 heavy (non-hydrogen) atoms. The SMILES string of the molecule is CN(CC(C)(C)C)[C@H]1C[C@H]2C(=O)NC3(CCN(Cc4ccc(C#N)cc4)CC3)CC(=O)N2C1. The molecule has 4 rings (SSSR count). The van der Waals surface area contributed by atoms with Crippen LogP contribution in [-0.4, -0.2) is 77.4 Å². The van der Waals surface area contributed by atoms with E-state index < -0.39 is 5.54 Å². The van der Waals surface area contributed by atoms with Crippen LogP contribution in [0.25, 0.3) is 0 Å². The lowest BCUT2D eigenvalue weighted by atomic mass is 9.83. The number of hydrogen-bond acceptors (Lipinski definition) is 5. The van der Waals surface area contributed by atoms with E-state index in [2.05, 4.69) is 49.0 Å². The first-order valence-corrected chi connectivity index (χ1v) is 12.1. The second-order valence-electron chi connectivity index (χ2n) is 11.5. The van der Waals surface area contributed by atoms with Crippen LogP contribution in [0.3, 0.4) is 0 Å². The quantitative estimate of drug-likeness (QED) is 0.760. The van der Waals surface area contributed by atoms with Crippen molar-refractivity contribution in [3.63, 3.8) is 0 Å². The Morgan fingerprint density at radius 1 is 1.18 bits per heavy atom. The van der Waals surface area contributed by atoms with Gasteiger partial charge in [-0.15, -0.1) is 0 Å². The van der Waals surface area contributed by atoms with Crippen LogP contribution in [-0.2, 0) is 16.1 Å². The molecule has 2 amide bonds. The molecule has 3 saturated heterocycles. The van der Waals surface area contributed by atoms with Crippen molar-refractivity contribution in [1.29, 1.82) is 5.26 Å². The molecule has 0 saturated carbocycles. The first-order chi connectivity index (χ1) is 15.6. The molecular formula is C26H37N5O2. The van der Waals surface area contributed by atoms with E-state index in [-0.39, 0.29) is 29.3 Å². The Hall–Kier alpha value is -2.43. The van der Waals surface area contributed by atoms with Crippen molar-refractivity contribution < 1.29 is 9.59 Å². The zero-order valence-corrected chi connectivity index (χ0v) is 20.4. The maximum atomic E-state index is 13.3. The normalized spacial score (nSPS) is 25.6. The minimum atomic E-state index is -0.424. The first-order valence-electron chi connectivity index (χ1n) is 12.1. The summed E-state index contributed by atoms with van der Waals surface area (Å²) in [4.78, 5) is 33.0. The van der Waals surface area contributed by atoms with Gasteiger partial charge in [-0.25, -0.2) is 0 Å². The van der Waals surface area contributed by atoms with E-state index in [1.807, 2.05) is 29.2 Å². The molecule has 0 aromatic heterocycles. The van der Waals surface area contributed by atoms with Crippen molar-refractivity contribution in [3.05, 3.63) is 35.4 Å². The van der Waals surface area contributed by atoms with Gasteiger partial charge in [0.05, 0.1) is 23.6 Å². The Balaban J connectivity index is 1.36. The number of nitrogens with one attached hydrogen (secondary N) is 1. The number of likely N-dealkylation sites (tertiary alicyclic amines) is 1. The second-order valence-corrected chi connectivity index (χ2v) is 11.5. The number of carbonyl (C=O) groups excluding carboxylic acids is 2. The average Bonchev–Trinajstić information content (AvgIpc) is 3.18. The van der Waals surface area contributed by atoms with Gasteiger partial charge in [0.1, 0.15) is 6.04 Å². The molecule has 3 fully saturated rings. The van der Waals surface area contributed by atoms with Gasteiger partial charge in [0, 0.05) is 38.8 Å². The standard InChI is InChI=1S/C26H37N5O2/c1-25(2,3)18-29(4)21-13-22-24(33)28-26(14-23(32)31(22)17-21)9-11-30(12-10-26)16-20-7-5-19(15-27)6-8-20/h5-8,21-22H,9-14,16-18H2,1-4H3,(H,28,33)/t21-,22-/m0/s1. The zero-order valence-electron chi connectivity index (χ0n) is 20.4. The van der Waals surface area contributed by atoms with E-state index in [0.717, 1.165) is 39.0 Å². The molecule has 3 heterocycles. The molecule has 1 aromatic rings. The molecule has 7 heteroatoms. The number of nitriles is 1. The largest absolute Gasteiger partial charge is 0.348 e. The van der Waals surface area contributed by atoms with Crippen LogP contribution < -0.4 is 5.32 Å². The third-order valence-corrected chi connectivity index (χ3v) is 7.43. The van der Waals surface area contributed by atoms with Crippen LogP contribution in [0, 0.1) is 16.7 Å². The van der Waals surface area contributed by atoms with E-state index in [9.17, 15) is 9.59 Å². The summed E-state index contributed by atoms with van der Waals surface area (Å²) >= 11 is 0. The maximum Gasteiger partial charge on any atom is 0.243 e. The van der Waals surface area contributed by atoms with Crippen LogP contribution in [0.4, 0.5) is 0 Å². The molecule has 1 aromatic carbocycles. The summed E-state index contributed by atoms with van der Waals surface area (Å²) in [5.74, 6) is 0.138. The lowest BCUT2D eigenvalue weighted by Gasteiger charge is -2.41. The van der Waals surface area contributed by atoms with Crippen LogP contribution in [0.1, 0.15) is 57.6 Å². The Morgan fingerprint density at radius 2 is 1.85 bits per heavy atom. The van der Waals surface area contributed by atoms with Crippen LogP contribution >= 0.6 is 0 Å². The van der Waals surface area contributed by atoms with Crippen LogP contribution in [0.2, 0.25) is 0 Å². The minimum Gasteiger partial charge on any atom is -0.348 e. The summed E-state index contributed by atoms with van der Waals surface area (Å²) in [5, 5.41) is 12.3. The number of rotatable bonds is 4. The number of benzene rings is 1. The molecule has 3 aliphatic rings. The third kappa shape index (κ3) is 5.39. The number of fused-ring (bicyclic) bond motifs is 1. The highest BCUT2D eigenvalue weighted by Gasteiger charge is 2.49. The topological polar surface area (TPSA) is 79.7 Å². The van der Waals surface area contributed by atoms with Crippen LogP contribution in [0.15, 0.2) is 24.3 Å². The molecule has 7 nitrogen and oxygen atoms in total. The number of amides is 2. The number of piperidine rings is 1. The number of likely N-dealkylation sites (N-methyl/N-ethyl adjacent to an activating group) is 1. The summed E-state index contributed by atoms with van der Waals surface area (Å²) in [6, 6.07) is 9.74. The molecule has 0 radical (unpaired) electrons. The van der Waals surface area contributed by atoms with Crippen molar-refractivity contribution in [1.82, 2.24) is 20.0 Å². The molecular weight excluding hydrogens is 414 g/mol. The molecule has 0 bridgehead atoms. The fourth-order valence-corrected chi connectivity index (χ4v) is 5.70. The van der Waals surface area contributed by atoms with Crippen molar-refractivity contribution in [3.8, 4) is 6.07 Å². The van der Waals surface area contributed by atoms with E-state index in [0.29, 0.717) is 24.9 Å². The van der Waals surface area contributed by atoms with E-state index in [1.165, 1.54) is 5.56 Å². The highest BCUT2D eigenvalue weighted by Crippen LogP contribution is 2.34. The van der Waals surface area contributed by atoms with Gasteiger partial charge in [-0.3, -0.25) is 14.5 Å². The fourth-order valence-electron chi connectivity index (χ4n) is 5.70. The lowest BCUT2D eigenvalue weighted by molar-refractivity contribution is -0.135. The molecule has 0 aliphatic carbocycles. The molecule has 2 atom stereocenters. The summed E-state index contributed by atoms with van der Waals surface area (Å²) < 4.78 is 0. The van der Waals surface area contributed by atoms with E-state index >= 15 is 0 Å². The highest BCUT2D eigenvalue weighted by atomic mass is 16.2. The summed E-state index contributed by atoms with van der Waals surface area (Å²) in [7, 11) is 2.11. The van der Waals surface area contributed by atoms with Gasteiger partial charge in [-0.2, -0.15) is 5.26 Å². The molecule has 3 aliphatic heterocycles. The molecule has 0 unspecified atom stereocenters. The number of carbonyl (C=O) groups is 2. The number of hydrogen-bond donors (Lipinski definition) is 1. The van der Waals surface area contributed by atoms with Gasteiger partial charge in [0.25, 0.3) is 0 Å². The van der Waals surface area contributed by atoms with Gasteiger partial charge >= 0.3 is 0 Å². The number of nitrogens with zero attached hydrogens (tertiary/aromatic N) is 4. The molecule has 1 spiro atoms. The van der Waals surface area contributed by atoms with Gasteiger partial charge in [-0.1, -0.05) is 32.9 Å². The molecule has 1 N–H and O–H groups in total. The summed E-state index contributed by atoms with van der Waals surface area (Å²) in [5.41, 5.74) is 1.60. The third-order valence-electron chi connectivity index (χ3n) is 7.43. The van der Waals surface area contributed by atoms with Crippen molar-refractivity contribution in [2.45, 2.75) is 70.6 Å². The van der Waals surface area contributed by atoms with E-state index in [1.54, 1.807) is 0 Å². The Bertz CT molecular complexity index is 893. The van der Waals surface area contributed by atoms with Gasteiger partial charge in [-0.05, 0) is 49.4 Å². The van der Waals surface area contributed by atoms with Crippen molar-refractivity contribution in [2.24, 2.45) is 5.41 Å². The van der Waals surface area contributed by atoms with Crippen molar-refractivity contribution >= 4 is 11.8 Å². The van der Waals surface area contributed by atoms with Gasteiger partial charge < -0.3 is 15.1 Å². The van der Waals surface area contributed by atoms with Gasteiger partial charge in [0.15, 0.2) is 0 Å². The van der Waals surface area contributed by atoms with E-state index in [4.69, 9.17) is 5.26 Å². The van der Waals surface area contributed by atoms with Crippen molar-refractivity contribution in [2.75, 3.05) is 33.2 Å². The predicted octanol–water partition coefficient (Wildman–Crippen LogP) is 2.36. The summed E-state index contributed by atoms with van der Waals surface area (Å²) in [6.45, 7) is 10.7. The summed E-state index contributed by atoms with van der Waals surface area (Å²) in [6.07, 6.45) is 2.68. The Morgan fingerprint density at radius 3 is 2.45 bits per heavy atom. The smallest absolute Gasteiger partial charge is 0.243 e. The van der Waals surface area contributed by atoms with Gasteiger partial charge in [0.2, 0.25) is 11.8 Å². The van der Waals surface area contributed by atoms with Crippen LogP contribution in [0.5, 0.6) is 0 Å². The monoisotopic (exact) mass is 451 g/mol. The maximum absolute atomic E-state index is 13.3. The zero-order chi connectivity index (χ0) is 23.8. The molecule has 178 valence electrons. The average molecular weight is 452 g/mol. The Labute approximate surface area is 197 Å². The first kappa shape index (κ1) is 23.7.